The molecular formula is C13H23N3. The molecule has 0 unspecified atom stereocenters. The lowest BCUT2D eigenvalue weighted by molar-refractivity contribution is 0.519. The Labute approximate surface area is 98.7 Å². The summed E-state index contributed by atoms with van der Waals surface area (Å²) in [5, 5.41) is 6.67. The zero-order valence-electron chi connectivity index (χ0n) is 10.6. The third-order valence-corrected chi connectivity index (χ3v) is 3.01. The van der Waals surface area contributed by atoms with Crippen LogP contribution in [0.1, 0.15) is 32.3 Å². The summed E-state index contributed by atoms with van der Waals surface area (Å²) in [6.45, 7) is 6.41. The number of anilines is 1. The van der Waals surface area contributed by atoms with Crippen molar-refractivity contribution < 1.29 is 0 Å². The first-order chi connectivity index (χ1) is 7.81. The molecule has 0 aliphatic rings. The average Bonchev–Trinajstić information content (AvgIpc) is 2.33. The third kappa shape index (κ3) is 3.81. The summed E-state index contributed by atoms with van der Waals surface area (Å²) in [6.07, 6.45) is 6.21. The van der Waals surface area contributed by atoms with Crippen LogP contribution in [0.25, 0.3) is 0 Å². The molecule has 0 fully saturated rings. The lowest BCUT2D eigenvalue weighted by Gasteiger charge is -2.16. The Morgan fingerprint density at radius 2 is 2.06 bits per heavy atom. The molecule has 3 heteroatoms. The molecule has 0 aliphatic heterocycles. The smallest absolute Gasteiger partial charge is 0.0572 e. The molecule has 0 radical (unpaired) electrons. The lowest BCUT2D eigenvalue weighted by Crippen LogP contribution is -2.15. The van der Waals surface area contributed by atoms with E-state index in [0.717, 1.165) is 24.7 Å². The van der Waals surface area contributed by atoms with E-state index in [1.807, 2.05) is 19.4 Å². The van der Waals surface area contributed by atoms with E-state index in [4.69, 9.17) is 0 Å². The van der Waals surface area contributed by atoms with E-state index in [1.54, 1.807) is 0 Å². The van der Waals surface area contributed by atoms with Crippen LogP contribution < -0.4 is 10.6 Å². The third-order valence-electron chi connectivity index (χ3n) is 3.01. The van der Waals surface area contributed by atoms with Gasteiger partial charge in [0, 0.05) is 19.3 Å². The van der Waals surface area contributed by atoms with Crippen molar-refractivity contribution in [2.45, 2.75) is 33.2 Å². The van der Waals surface area contributed by atoms with Crippen LogP contribution in [0.4, 0.5) is 5.69 Å². The monoisotopic (exact) mass is 221 g/mol. The molecule has 0 aromatic carbocycles. The van der Waals surface area contributed by atoms with Gasteiger partial charge in [-0.1, -0.05) is 26.7 Å². The van der Waals surface area contributed by atoms with Gasteiger partial charge in [-0.25, -0.2) is 0 Å². The molecule has 1 heterocycles. The van der Waals surface area contributed by atoms with Crippen LogP contribution in [-0.4, -0.2) is 18.6 Å². The van der Waals surface area contributed by atoms with Crippen molar-refractivity contribution in [2.24, 2.45) is 5.92 Å². The normalized spacial score (nSPS) is 10.8. The molecule has 3 nitrogen and oxygen atoms in total. The highest BCUT2D eigenvalue weighted by Gasteiger charge is 2.05. The number of nitrogens with one attached hydrogen (secondary N) is 2. The van der Waals surface area contributed by atoms with Gasteiger partial charge in [-0.2, -0.15) is 0 Å². The van der Waals surface area contributed by atoms with Crippen molar-refractivity contribution >= 4 is 5.69 Å². The van der Waals surface area contributed by atoms with E-state index in [9.17, 15) is 0 Å². The van der Waals surface area contributed by atoms with E-state index in [1.165, 1.54) is 18.4 Å². The summed E-state index contributed by atoms with van der Waals surface area (Å²) in [5.41, 5.74) is 2.44. The molecule has 0 saturated heterocycles. The van der Waals surface area contributed by atoms with Crippen molar-refractivity contribution in [3.8, 4) is 0 Å². The van der Waals surface area contributed by atoms with E-state index >= 15 is 0 Å². The van der Waals surface area contributed by atoms with Gasteiger partial charge in [-0.3, -0.25) is 4.98 Å². The number of hydrogen-bond donors (Lipinski definition) is 2. The van der Waals surface area contributed by atoms with Crippen LogP contribution in [0.5, 0.6) is 0 Å². The standard InChI is InChI=1S/C13H23N3/c1-4-11(5-2)8-16-13-10-15-7-6-12(13)9-14-3/h6-7,10-11,14,16H,4-5,8-9H2,1-3H3. The summed E-state index contributed by atoms with van der Waals surface area (Å²) in [5.74, 6) is 0.752. The molecule has 2 N–H and O–H groups in total. The fourth-order valence-corrected chi connectivity index (χ4v) is 1.76. The molecule has 0 saturated carbocycles. The van der Waals surface area contributed by atoms with Gasteiger partial charge in [0.25, 0.3) is 0 Å². The Morgan fingerprint density at radius 1 is 1.31 bits per heavy atom. The maximum atomic E-state index is 4.17. The van der Waals surface area contributed by atoms with E-state index in [2.05, 4.69) is 35.5 Å². The van der Waals surface area contributed by atoms with Crippen LogP contribution in [0.15, 0.2) is 18.5 Å². The zero-order chi connectivity index (χ0) is 11.8. The van der Waals surface area contributed by atoms with E-state index < -0.39 is 0 Å². The van der Waals surface area contributed by atoms with Gasteiger partial charge in [0.1, 0.15) is 0 Å². The maximum Gasteiger partial charge on any atom is 0.0572 e. The lowest BCUT2D eigenvalue weighted by atomic mass is 10.0. The largest absolute Gasteiger partial charge is 0.383 e. The molecule has 0 aliphatic carbocycles. The highest BCUT2D eigenvalue weighted by atomic mass is 14.9. The quantitative estimate of drug-likeness (QED) is 0.743. The fourth-order valence-electron chi connectivity index (χ4n) is 1.76. The minimum atomic E-state index is 0.752. The van der Waals surface area contributed by atoms with Crippen molar-refractivity contribution in [1.82, 2.24) is 10.3 Å². The molecule has 0 spiro atoms. The van der Waals surface area contributed by atoms with Gasteiger partial charge >= 0.3 is 0 Å². The van der Waals surface area contributed by atoms with Crippen LogP contribution in [0, 0.1) is 5.92 Å². The summed E-state index contributed by atoms with van der Waals surface area (Å²) in [6, 6.07) is 2.06. The van der Waals surface area contributed by atoms with Crippen LogP contribution >= 0.6 is 0 Å². The molecular weight excluding hydrogens is 198 g/mol. The zero-order valence-corrected chi connectivity index (χ0v) is 10.6. The molecule has 16 heavy (non-hydrogen) atoms. The molecule has 0 atom stereocenters. The van der Waals surface area contributed by atoms with Gasteiger partial charge in [-0.15, -0.1) is 0 Å². The summed E-state index contributed by atoms with van der Waals surface area (Å²) >= 11 is 0. The van der Waals surface area contributed by atoms with Crippen molar-refractivity contribution in [3.63, 3.8) is 0 Å². The fraction of sp³-hybridized carbons (Fsp3) is 0.615. The Kier molecular flexibility index (Phi) is 5.86. The van der Waals surface area contributed by atoms with Gasteiger partial charge < -0.3 is 10.6 Å². The number of rotatable bonds is 7. The Balaban J connectivity index is 2.58. The second kappa shape index (κ2) is 7.23. The SMILES string of the molecule is CCC(CC)CNc1cnccc1CNC. The number of hydrogen-bond acceptors (Lipinski definition) is 3. The molecule has 90 valence electrons. The highest BCUT2D eigenvalue weighted by molar-refractivity contribution is 5.48. The summed E-state index contributed by atoms with van der Waals surface area (Å²) in [4.78, 5) is 4.17. The minimum Gasteiger partial charge on any atom is -0.383 e. The van der Waals surface area contributed by atoms with Crippen LogP contribution in [0.3, 0.4) is 0 Å². The Morgan fingerprint density at radius 3 is 2.69 bits per heavy atom. The molecule has 0 amide bonds. The van der Waals surface area contributed by atoms with Gasteiger partial charge in [-0.05, 0) is 24.6 Å². The summed E-state index contributed by atoms with van der Waals surface area (Å²) < 4.78 is 0. The van der Waals surface area contributed by atoms with Gasteiger partial charge in [0.2, 0.25) is 0 Å². The first-order valence-corrected chi connectivity index (χ1v) is 6.13. The van der Waals surface area contributed by atoms with Crippen LogP contribution in [-0.2, 0) is 6.54 Å². The van der Waals surface area contributed by atoms with Crippen LogP contribution in [0.2, 0.25) is 0 Å². The van der Waals surface area contributed by atoms with Crippen molar-refractivity contribution in [1.29, 1.82) is 0 Å². The minimum absolute atomic E-state index is 0.752. The van der Waals surface area contributed by atoms with E-state index in [-0.39, 0.29) is 0 Å². The Hall–Kier alpha value is -1.09. The second-order valence-corrected chi connectivity index (χ2v) is 4.13. The number of pyridine rings is 1. The van der Waals surface area contributed by atoms with E-state index in [0.29, 0.717) is 0 Å². The maximum absolute atomic E-state index is 4.17. The van der Waals surface area contributed by atoms with Gasteiger partial charge in [0.15, 0.2) is 0 Å². The topological polar surface area (TPSA) is 37.0 Å². The summed E-state index contributed by atoms with van der Waals surface area (Å²) in [7, 11) is 1.96. The number of nitrogens with zero attached hydrogens (tertiary/aromatic N) is 1. The molecule has 1 aromatic heterocycles. The first-order valence-electron chi connectivity index (χ1n) is 6.13. The molecule has 1 aromatic rings. The number of aromatic nitrogens is 1. The predicted molar refractivity (Wildman–Crippen MR) is 69.6 cm³/mol. The highest BCUT2D eigenvalue weighted by Crippen LogP contribution is 2.15. The van der Waals surface area contributed by atoms with Crippen molar-refractivity contribution in [3.05, 3.63) is 24.0 Å². The van der Waals surface area contributed by atoms with Gasteiger partial charge in [0.05, 0.1) is 11.9 Å². The molecule has 0 bridgehead atoms. The average molecular weight is 221 g/mol. The molecule has 1 rings (SSSR count). The van der Waals surface area contributed by atoms with Crippen molar-refractivity contribution in [2.75, 3.05) is 18.9 Å². The first kappa shape index (κ1) is 13.0. The predicted octanol–water partition coefficient (Wildman–Crippen LogP) is 2.65. The Bertz CT molecular complexity index is 295. The second-order valence-electron chi connectivity index (χ2n) is 4.13.